The molecule has 56 heavy (non-hydrogen) atoms. The van der Waals surface area contributed by atoms with Gasteiger partial charge in [-0.05, 0) is 54.6 Å². The molecule has 4 aromatic carbocycles. The number of ether oxygens (including phenoxy) is 8. The van der Waals surface area contributed by atoms with Gasteiger partial charge in [-0.3, -0.25) is 4.79 Å². The molecule has 1 aliphatic carbocycles. The maximum absolute atomic E-state index is 14.0. The lowest BCUT2D eigenvalue weighted by Gasteiger charge is -2.46. The van der Waals surface area contributed by atoms with Gasteiger partial charge in [0, 0.05) is 25.9 Å². The Kier molecular flexibility index (Phi) is 12.5. The molecular weight excluding hydrogens is 724 g/mol. The van der Waals surface area contributed by atoms with E-state index in [4.69, 9.17) is 37.9 Å². The Balaban J connectivity index is 1.50. The van der Waals surface area contributed by atoms with Crippen LogP contribution in [0.15, 0.2) is 145 Å². The molecule has 0 N–H and O–H groups in total. The van der Waals surface area contributed by atoms with Crippen LogP contribution in [0.4, 0.5) is 0 Å². The number of carbonyl (C=O) groups is 5. The second-order valence-electron chi connectivity index (χ2n) is 12.5. The molecule has 0 amide bonds. The van der Waals surface area contributed by atoms with Crippen molar-refractivity contribution >= 4 is 29.7 Å². The van der Waals surface area contributed by atoms with Crippen LogP contribution in [-0.2, 0) is 42.7 Å². The Morgan fingerprint density at radius 2 is 0.982 bits per heavy atom. The van der Waals surface area contributed by atoms with Crippen LogP contribution in [0, 0.1) is 0 Å². The number of esters is 4. The van der Waals surface area contributed by atoms with E-state index in [1.165, 1.54) is 63.8 Å². The molecule has 13 nitrogen and oxygen atoms in total. The van der Waals surface area contributed by atoms with Crippen molar-refractivity contribution in [3.8, 4) is 0 Å². The highest BCUT2D eigenvalue weighted by Crippen LogP contribution is 2.38. The smallest absolute Gasteiger partial charge is 0.338 e. The molecule has 13 heteroatoms. The Labute approximate surface area is 322 Å². The summed E-state index contributed by atoms with van der Waals surface area (Å²) in [4.78, 5) is 68.8. The van der Waals surface area contributed by atoms with Crippen LogP contribution in [0.25, 0.3) is 0 Å². The Morgan fingerprint density at radius 3 is 1.41 bits per heavy atom. The Morgan fingerprint density at radius 1 is 0.571 bits per heavy atom. The summed E-state index contributed by atoms with van der Waals surface area (Å²) in [6.07, 6.45) is -5.54. The lowest BCUT2D eigenvalue weighted by molar-refractivity contribution is -0.221. The van der Waals surface area contributed by atoms with E-state index in [2.05, 4.69) is 0 Å². The molecule has 0 aromatic heterocycles. The molecule has 4 aromatic rings. The van der Waals surface area contributed by atoms with Crippen molar-refractivity contribution in [3.05, 3.63) is 167 Å². The van der Waals surface area contributed by atoms with Crippen LogP contribution in [-0.4, -0.2) is 93.9 Å². The average Bonchev–Trinajstić information content (AvgIpc) is 3.25. The van der Waals surface area contributed by atoms with Crippen LogP contribution in [0.1, 0.15) is 41.4 Å². The molecule has 1 fully saturated rings. The second-order valence-corrected chi connectivity index (χ2v) is 12.5. The molecule has 6 rings (SSSR count). The van der Waals surface area contributed by atoms with E-state index in [1.807, 2.05) is 0 Å². The maximum atomic E-state index is 14.0. The van der Waals surface area contributed by atoms with Crippen molar-refractivity contribution in [2.24, 2.45) is 0 Å². The maximum Gasteiger partial charge on any atom is 0.338 e. The molecule has 0 saturated carbocycles. The Bertz CT molecular complexity index is 2080. The molecular formula is C43H38O13. The van der Waals surface area contributed by atoms with E-state index in [-0.39, 0.29) is 33.6 Å². The quantitative estimate of drug-likeness (QED) is 0.0980. The molecule has 0 radical (unpaired) electrons. The van der Waals surface area contributed by atoms with Crippen molar-refractivity contribution in [1.29, 1.82) is 0 Å². The molecule has 1 aliphatic heterocycles. The fraction of sp³-hybridized carbons (Fsp3) is 0.233. The minimum atomic E-state index is -1.75. The normalized spacial score (nSPS) is 21.4. The fourth-order valence-corrected chi connectivity index (χ4v) is 6.29. The van der Waals surface area contributed by atoms with Gasteiger partial charge in [-0.15, -0.1) is 0 Å². The molecule has 5 atom stereocenters. The van der Waals surface area contributed by atoms with Crippen molar-refractivity contribution in [2.75, 3.05) is 27.9 Å². The van der Waals surface area contributed by atoms with Gasteiger partial charge in [-0.2, -0.15) is 0 Å². The van der Waals surface area contributed by atoms with Crippen LogP contribution in [0.2, 0.25) is 0 Å². The van der Waals surface area contributed by atoms with Gasteiger partial charge in [0.25, 0.3) is 0 Å². The highest BCUT2D eigenvalue weighted by Gasteiger charge is 2.56. The van der Waals surface area contributed by atoms with E-state index in [9.17, 15) is 24.0 Å². The number of rotatable bonds is 13. The molecule has 1 saturated heterocycles. The van der Waals surface area contributed by atoms with Gasteiger partial charge in [0.2, 0.25) is 5.79 Å². The predicted molar refractivity (Wildman–Crippen MR) is 197 cm³/mol. The first-order valence-corrected chi connectivity index (χ1v) is 17.5. The first-order chi connectivity index (χ1) is 27.2. The summed E-state index contributed by atoms with van der Waals surface area (Å²) in [5, 5.41) is 0. The van der Waals surface area contributed by atoms with Crippen molar-refractivity contribution < 1.29 is 61.9 Å². The molecule has 0 bridgehead atoms. The van der Waals surface area contributed by atoms with Crippen LogP contribution in [0.5, 0.6) is 0 Å². The number of carbonyl (C=O) groups excluding carboxylic acids is 5. The molecule has 0 spiro atoms. The third-order valence-electron chi connectivity index (χ3n) is 9.15. The largest absolute Gasteiger partial charge is 0.495 e. The van der Waals surface area contributed by atoms with Gasteiger partial charge in [0.1, 0.15) is 18.8 Å². The zero-order valence-electron chi connectivity index (χ0n) is 30.6. The van der Waals surface area contributed by atoms with Gasteiger partial charge >= 0.3 is 23.9 Å². The number of methoxy groups -OCH3 is 3. The number of hydrogen-bond acceptors (Lipinski definition) is 13. The fourth-order valence-electron chi connectivity index (χ4n) is 6.29. The second kappa shape index (κ2) is 17.8. The zero-order chi connectivity index (χ0) is 39.7. The van der Waals surface area contributed by atoms with Gasteiger partial charge in [-0.1, -0.05) is 72.8 Å². The zero-order valence-corrected chi connectivity index (χ0v) is 30.6. The first-order valence-electron chi connectivity index (χ1n) is 17.5. The minimum Gasteiger partial charge on any atom is -0.495 e. The van der Waals surface area contributed by atoms with E-state index in [0.29, 0.717) is 0 Å². The van der Waals surface area contributed by atoms with E-state index in [1.54, 1.807) is 84.9 Å². The average molecular weight is 763 g/mol. The lowest BCUT2D eigenvalue weighted by atomic mass is 9.85. The third kappa shape index (κ3) is 8.60. The lowest BCUT2D eigenvalue weighted by Crippen LogP contribution is -2.63. The van der Waals surface area contributed by atoms with Gasteiger partial charge in [0.05, 0.1) is 29.4 Å². The van der Waals surface area contributed by atoms with Gasteiger partial charge in [-0.25, -0.2) is 19.2 Å². The van der Waals surface area contributed by atoms with Crippen LogP contribution in [0.3, 0.4) is 0 Å². The topological polar surface area (TPSA) is 159 Å². The standard InChI is InChI=1S/C43H38O13/c1-49-34-24-32(44)31(25-43(34,50-2)51-3)35-37(55-41(47)29-20-12-6-13-21-29)38(56-42(48)30-22-14-7-15-23-30)36(54-40(46)28-18-10-5-11-19-28)33(53-35)26-52-39(45)27-16-8-4-9-17-27/h4-25,33,35-38H,26H2,1-3H3/t33-,35+,36-,37+,38+/m1/s1. The summed E-state index contributed by atoms with van der Waals surface area (Å²) in [6, 6.07) is 32.0. The molecule has 2 aliphatic rings. The molecule has 0 unspecified atom stereocenters. The Hall–Kier alpha value is -6.41. The third-order valence-corrected chi connectivity index (χ3v) is 9.15. The van der Waals surface area contributed by atoms with Crippen molar-refractivity contribution in [2.45, 2.75) is 36.3 Å². The van der Waals surface area contributed by atoms with E-state index in [0.717, 1.165) is 6.08 Å². The molecule has 288 valence electrons. The van der Waals surface area contributed by atoms with Crippen molar-refractivity contribution in [1.82, 2.24) is 0 Å². The van der Waals surface area contributed by atoms with Crippen LogP contribution >= 0.6 is 0 Å². The van der Waals surface area contributed by atoms with Crippen molar-refractivity contribution in [3.63, 3.8) is 0 Å². The SMILES string of the molecule is COC1=CC(=O)C([C@@H]2O[C@H](COC(=O)c3ccccc3)[C@@H](OC(=O)c3ccccc3)[C@H](OC(=O)c3ccccc3)[C@H]2OC(=O)c2ccccc2)=CC1(OC)OC. The van der Waals surface area contributed by atoms with Gasteiger partial charge < -0.3 is 37.9 Å². The summed E-state index contributed by atoms with van der Waals surface area (Å²) in [5.74, 6) is -5.78. The first kappa shape index (κ1) is 39.3. The number of benzene rings is 4. The highest BCUT2D eigenvalue weighted by molar-refractivity contribution is 6.06. The summed E-state index contributed by atoms with van der Waals surface area (Å²) in [7, 11) is 3.97. The van der Waals surface area contributed by atoms with E-state index < -0.39 is 72.6 Å². The number of allylic oxidation sites excluding steroid dienone is 1. The minimum absolute atomic E-state index is 0.0000427. The van der Waals surface area contributed by atoms with Crippen LogP contribution < -0.4 is 0 Å². The summed E-state index contributed by atoms with van der Waals surface area (Å²) in [5.41, 5.74) is 0.417. The van der Waals surface area contributed by atoms with Gasteiger partial charge in [0.15, 0.2) is 29.9 Å². The number of hydrogen-bond donors (Lipinski definition) is 0. The summed E-state index contributed by atoms with van der Waals surface area (Å²) >= 11 is 0. The highest BCUT2D eigenvalue weighted by atomic mass is 16.7. The monoisotopic (exact) mass is 762 g/mol. The summed E-state index contributed by atoms with van der Waals surface area (Å²) < 4.78 is 47.4. The summed E-state index contributed by atoms with van der Waals surface area (Å²) in [6.45, 7) is -0.573. The van der Waals surface area contributed by atoms with E-state index >= 15 is 0 Å². The molecule has 1 heterocycles. The number of ketones is 1. The predicted octanol–water partition coefficient (Wildman–Crippen LogP) is 5.32.